The number of rotatable bonds is 2. The first-order valence-corrected chi connectivity index (χ1v) is 9.78. The molecule has 1 aliphatic heterocycles. The standard InChI is InChI=1S/C22H29NO4/c1-21(2)13-26-22(27-14-21)9-7-15(8-10-22)18-12-23(3)19-11-16(20(24)25-4)5-6-17(18)19/h5-6,11-12,15H,7-10,13-14H2,1-4H3. The highest BCUT2D eigenvalue weighted by Crippen LogP contribution is 2.45. The van der Waals surface area contributed by atoms with Crippen LogP contribution in [-0.4, -0.2) is 36.6 Å². The molecule has 2 aliphatic rings. The number of benzene rings is 1. The van der Waals surface area contributed by atoms with E-state index >= 15 is 0 Å². The van der Waals surface area contributed by atoms with Crippen molar-refractivity contribution in [3.05, 3.63) is 35.5 Å². The van der Waals surface area contributed by atoms with Crippen LogP contribution in [0.5, 0.6) is 0 Å². The molecule has 2 aromatic rings. The predicted octanol–water partition coefficient (Wildman–Crippen LogP) is 4.39. The lowest BCUT2D eigenvalue weighted by atomic mass is 9.80. The zero-order valence-electron chi connectivity index (χ0n) is 16.7. The molecule has 1 spiro atoms. The van der Waals surface area contributed by atoms with Crippen LogP contribution >= 0.6 is 0 Å². The quantitative estimate of drug-likeness (QED) is 0.735. The minimum absolute atomic E-state index is 0.106. The van der Waals surface area contributed by atoms with Crippen LogP contribution in [0.3, 0.4) is 0 Å². The third-order valence-corrected chi connectivity index (χ3v) is 6.08. The predicted molar refractivity (Wildman–Crippen MR) is 104 cm³/mol. The van der Waals surface area contributed by atoms with E-state index in [1.54, 1.807) is 0 Å². The molecule has 1 aliphatic carbocycles. The highest BCUT2D eigenvalue weighted by atomic mass is 16.7. The van der Waals surface area contributed by atoms with E-state index in [0.29, 0.717) is 11.5 Å². The fraction of sp³-hybridized carbons (Fsp3) is 0.591. The lowest BCUT2D eigenvalue weighted by molar-refractivity contribution is -0.310. The van der Waals surface area contributed by atoms with Crippen molar-refractivity contribution in [2.45, 2.75) is 51.2 Å². The Morgan fingerprint density at radius 3 is 2.48 bits per heavy atom. The molecule has 0 bridgehead atoms. The SMILES string of the molecule is COC(=O)c1ccc2c(C3CCC4(CC3)OCC(C)(C)CO4)cn(C)c2c1. The van der Waals surface area contributed by atoms with Crippen LogP contribution in [0.2, 0.25) is 0 Å². The summed E-state index contributed by atoms with van der Waals surface area (Å²) in [4.78, 5) is 11.8. The molecule has 2 heterocycles. The Hall–Kier alpha value is -1.85. The molecule has 5 nitrogen and oxygen atoms in total. The first kappa shape index (κ1) is 18.5. The summed E-state index contributed by atoms with van der Waals surface area (Å²) in [6, 6.07) is 5.83. The van der Waals surface area contributed by atoms with Crippen molar-refractivity contribution in [3.8, 4) is 0 Å². The van der Waals surface area contributed by atoms with Gasteiger partial charge in [0.15, 0.2) is 5.79 Å². The highest BCUT2D eigenvalue weighted by molar-refractivity contribution is 5.95. The summed E-state index contributed by atoms with van der Waals surface area (Å²) in [5.41, 5.74) is 3.12. The van der Waals surface area contributed by atoms with Gasteiger partial charge in [0.2, 0.25) is 0 Å². The summed E-state index contributed by atoms with van der Waals surface area (Å²) < 4.78 is 19.3. The van der Waals surface area contributed by atoms with Crippen molar-refractivity contribution in [1.82, 2.24) is 4.57 Å². The Morgan fingerprint density at radius 1 is 1.19 bits per heavy atom. The van der Waals surface area contributed by atoms with Gasteiger partial charge >= 0.3 is 5.97 Å². The zero-order chi connectivity index (χ0) is 19.2. The third kappa shape index (κ3) is 3.39. The van der Waals surface area contributed by atoms with Crippen molar-refractivity contribution in [1.29, 1.82) is 0 Å². The summed E-state index contributed by atoms with van der Waals surface area (Å²) in [7, 11) is 3.45. The molecule has 0 radical (unpaired) electrons. The molecule has 1 aromatic carbocycles. The molecule has 4 rings (SSSR count). The number of hydrogen-bond donors (Lipinski definition) is 0. The largest absolute Gasteiger partial charge is 0.465 e. The molecule has 0 unspecified atom stereocenters. The van der Waals surface area contributed by atoms with Crippen LogP contribution in [0.15, 0.2) is 24.4 Å². The van der Waals surface area contributed by atoms with Gasteiger partial charge in [-0.2, -0.15) is 0 Å². The van der Waals surface area contributed by atoms with Crippen LogP contribution in [0.25, 0.3) is 10.9 Å². The average molecular weight is 371 g/mol. The van der Waals surface area contributed by atoms with Gasteiger partial charge in [-0.15, -0.1) is 0 Å². The van der Waals surface area contributed by atoms with Gasteiger partial charge in [-0.25, -0.2) is 4.79 Å². The zero-order valence-corrected chi connectivity index (χ0v) is 16.7. The van der Waals surface area contributed by atoms with Crippen LogP contribution in [0.1, 0.15) is 61.4 Å². The Labute approximate surface area is 160 Å². The van der Waals surface area contributed by atoms with E-state index in [2.05, 4.69) is 30.7 Å². The maximum Gasteiger partial charge on any atom is 0.337 e. The summed E-state index contributed by atoms with van der Waals surface area (Å²) in [6.45, 7) is 5.90. The average Bonchev–Trinajstić information content (AvgIpc) is 3.01. The first-order chi connectivity index (χ1) is 12.8. The van der Waals surface area contributed by atoms with Crippen molar-refractivity contribution in [2.75, 3.05) is 20.3 Å². The molecule has 1 saturated carbocycles. The van der Waals surface area contributed by atoms with Crippen LogP contribution in [0, 0.1) is 5.41 Å². The van der Waals surface area contributed by atoms with E-state index in [1.807, 2.05) is 19.2 Å². The second-order valence-corrected chi connectivity index (χ2v) is 8.85. The molecular weight excluding hydrogens is 342 g/mol. The maximum absolute atomic E-state index is 11.8. The van der Waals surface area contributed by atoms with E-state index < -0.39 is 0 Å². The van der Waals surface area contributed by atoms with Crippen molar-refractivity contribution >= 4 is 16.9 Å². The van der Waals surface area contributed by atoms with Crippen LogP contribution in [0.4, 0.5) is 0 Å². The van der Waals surface area contributed by atoms with Gasteiger partial charge in [0.1, 0.15) is 0 Å². The first-order valence-electron chi connectivity index (χ1n) is 9.78. The molecule has 1 aromatic heterocycles. The summed E-state index contributed by atoms with van der Waals surface area (Å²) in [5, 5.41) is 1.22. The number of carbonyl (C=O) groups is 1. The normalized spacial score (nSPS) is 22.2. The Morgan fingerprint density at radius 2 is 1.85 bits per heavy atom. The van der Waals surface area contributed by atoms with E-state index in [4.69, 9.17) is 14.2 Å². The number of nitrogens with zero attached hydrogens (tertiary/aromatic N) is 1. The maximum atomic E-state index is 11.8. The Bertz CT molecular complexity index is 847. The second kappa shape index (κ2) is 6.64. The molecule has 0 N–H and O–H groups in total. The molecular formula is C22H29NO4. The minimum Gasteiger partial charge on any atom is -0.465 e. The number of aryl methyl sites for hydroxylation is 1. The van der Waals surface area contributed by atoms with E-state index in [-0.39, 0.29) is 17.2 Å². The fourth-order valence-electron chi connectivity index (χ4n) is 4.38. The van der Waals surface area contributed by atoms with E-state index in [0.717, 1.165) is 44.4 Å². The topological polar surface area (TPSA) is 49.7 Å². The Balaban J connectivity index is 1.53. The van der Waals surface area contributed by atoms with Gasteiger partial charge in [0, 0.05) is 42.4 Å². The van der Waals surface area contributed by atoms with E-state index in [1.165, 1.54) is 18.1 Å². The molecule has 0 atom stereocenters. The molecule has 0 amide bonds. The lowest BCUT2D eigenvalue weighted by Crippen LogP contribution is -2.49. The third-order valence-electron chi connectivity index (χ3n) is 6.08. The van der Waals surface area contributed by atoms with Gasteiger partial charge < -0.3 is 18.8 Å². The van der Waals surface area contributed by atoms with E-state index in [9.17, 15) is 4.79 Å². The number of carbonyl (C=O) groups excluding carboxylic acids is 1. The number of methoxy groups -OCH3 is 1. The lowest BCUT2D eigenvalue weighted by Gasteiger charge is -2.46. The number of hydrogen-bond acceptors (Lipinski definition) is 4. The number of aromatic nitrogens is 1. The minimum atomic E-state index is -0.380. The Kier molecular flexibility index (Phi) is 4.55. The van der Waals surface area contributed by atoms with Gasteiger partial charge in [0.05, 0.1) is 25.9 Å². The van der Waals surface area contributed by atoms with Crippen LogP contribution < -0.4 is 0 Å². The van der Waals surface area contributed by atoms with Gasteiger partial charge in [-0.05, 0) is 36.5 Å². The fourth-order valence-corrected chi connectivity index (χ4v) is 4.38. The second-order valence-electron chi connectivity index (χ2n) is 8.85. The molecule has 1 saturated heterocycles. The van der Waals surface area contributed by atoms with Gasteiger partial charge in [0.25, 0.3) is 0 Å². The van der Waals surface area contributed by atoms with Crippen molar-refractivity contribution in [2.24, 2.45) is 12.5 Å². The van der Waals surface area contributed by atoms with Crippen molar-refractivity contribution in [3.63, 3.8) is 0 Å². The molecule has 27 heavy (non-hydrogen) atoms. The molecule has 5 heteroatoms. The van der Waals surface area contributed by atoms with Gasteiger partial charge in [-0.3, -0.25) is 0 Å². The number of fused-ring (bicyclic) bond motifs is 1. The summed E-state index contributed by atoms with van der Waals surface area (Å²) in [6.07, 6.45) is 6.19. The molecule has 146 valence electrons. The summed E-state index contributed by atoms with van der Waals surface area (Å²) >= 11 is 0. The van der Waals surface area contributed by atoms with Crippen molar-refractivity contribution < 1.29 is 19.0 Å². The molecule has 2 fully saturated rings. The number of ether oxygens (including phenoxy) is 3. The van der Waals surface area contributed by atoms with Gasteiger partial charge in [-0.1, -0.05) is 19.9 Å². The van der Waals surface area contributed by atoms with Crippen LogP contribution in [-0.2, 0) is 21.3 Å². The summed E-state index contributed by atoms with van der Waals surface area (Å²) in [5.74, 6) is -0.187. The highest BCUT2D eigenvalue weighted by Gasteiger charge is 2.43. The smallest absolute Gasteiger partial charge is 0.337 e. The number of esters is 1. The monoisotopic (exact) mass is 371 g/mol.